The summed E-state index contributed by atoms with van der Waals surface area (Å²) in [5.74, 6) is 0.990. The lowest BCUT2D eigenvalue weighted by atomic mass is 10.0. The Balaban J connectivity index is 1.41. The van der Waals surface area contributed by atoms with E-state index in [-0.39, 0.29) is 6.03 Å². The standard InChI is InChI=1S/C18H29N3O2/c22-18(19-10-5-8-17-9-6-14-23-17)21-13-2-1-7-16(21)15-20-11-3-4-12-20/h6,9,14,16H,1-5,7-8,10-13,15H2,(H,19,22)/t16-/m0/s1. The van der Waals surface area contributed by atoms with Crippen LogP contribution in [0.1, 0.15) is 44.3 Å². The molecule has 5 nitrogen and oxygen atoms in total. The first-order chi connectivity index (χ1) is 11.3. The fraction of sp³-hybridized carbons (Fsp3) is 0.722. The van der Waals surface area contributed by atoms with Gasteiger partial charge in [0, 0.05) is 32.1 Å². The Kier molecular flexibility index (Phi) is 5.97. The zero-order valence-corrected chi connectivity index (χ0v) is 14.0. The number of piperidine rings is 1. The molecule has 0 aliphatic carbocycles. The first kappa shape index (κ1) is 16.4. The molecule has 2 saturated heterocycles. The Labute approximate surface area is 139 Å². The van der Waals surface area contributed by atoms with Crippen LogP contribution in [0.2, 0.25) is 0 Å². The van der Waals surface area contributed by atoms with Crippen LogP contribution in [0.3, 0.4) is 0 Å². The molecule has 0 bridgehead atoms. The van der Waals surface area contributed by atoms with E-state index in [1.807, 2.05) is 12.1 Å². The molecule has 2 fully saturated rings. The highest BCUT2D eigenvalue weighted by Gasteiger charge is 2.28. The van der Waals surface area contributed by atoms with Crippen molar-refractivity contribution in [2.45, 2.75) is 51.0 Å². The largest absolute Gasteiger partial charge is 0.469 e. The number of nitrogens with zero attached hydrogens (tertiary/aromatic N) is 2. The molecule has 128 valence electrons. The van der Waals surface area contributed by atoms with Gasteiger partial charge in [-0.1, -0.05) is 0 Å². The van der Waals surface area contributed by atoms with E-state index in [2.05, 4.69) is 15.1 Å². The van der Waals surface area contributed by atoms with Gasteiger partial charge in [-0.3, -0.25) is 0 Å². The van der Waals surface area contributed by atoms with Crippen LogP contribution in [0, 0.1) is 0 Å². The molecule has 1 aromatic heterocycles. The highest BCUT2D eigenvalue weighted by molar-refractivity contribution is 5.74. The van der Waals surface area contributed by atoms with Crippen LogP contribution in [0.15, 0.2) is 22.8 Å². The smallest absolute Gasteiger partial charge is 0.317 e. The molecule has 3 rings (SSSR count). The van der Waals surface area contributed by atoms with Gasteiger partial charge in [-0.25, -0.2) is 4.79 Å². The minimum atomic E-state index is 0.119. The van der Waals surface area contributed by atoms with Gasteiger partial charge in [-0.05, 0) is 63.7 Å². The van der Waals surface area contributed by atoms with Crippen LogP contribution >= 0.6 is 0 Å². The second kappa shape index (κ2) is 8.39. The summed E-state index contributed by atoms with van der Waals surface area (Å²) in [4.78, 5) is 17.1. The topological polar surface area (TPSA) is 48.7 Å². The second-order valence-electron chi connectivity index (χ2n) is 6.77. The summed E-state index contributed by atoms with van der Waals surface area (Å²) in [5.41, 5.74) is 0. The normalized spacial score (nSPS) is 22.4. The van der Waals surface area contributed by atoms with Crippen molar-refractivity contribution in [2.75, 3.05) is 32.7 Å². The maximum atomic E-state index is 12.5. The zero-order chi connectivity index (χ0) is 15.9. The summed E-state index contributed by atoms with van der Waals surface area (Å²) < 4.78 is 5.32. The monoisotopic (exact) mass is 319 g/mol. The van der Waals surface area contributed by atoms with Gasteiger partial charge in [0.1, 0.15) is 5.76 Å². The Morgan fingerprint density at radius 2 is 2.04 bits per heavy atom. The number of urea groups is 1. The molecule has 1 N–H and O–H groups in total. The number of likely N-dealkylation sites (tertiary alicyclic amines) is 2. The van der Waals surface area contributed by atoms with Crippen LogP contribution in [-0.4, -0.2) is 54.6 Å². The van der Waals surface area contributed by atoms with Crippen molar-refractivity contribution in [3.05, 3.63) is 24.2 Å². The number of hydrogen-bond donors (Lipinski definition) is 1. The number of nitrogens with one attached hydrogen (secondary N) is 1. The van der Waals surface area contributed by atoms with E-state index in [0.717, 1.165) is 44.5 Å². The average molecular weight is 319 g/mol. The molecule has 23 heavy (non-hydrogen) atoms. The Morgan fingerprint density at radius 1 is 1.22 bits per heavy atom. The summed E-state index contributed by atoms with van der Waals surface area (Å²) in [6.45, 7) is 5.08. The van der Waals surface area contributed by atoms with Crippen LogP contribution in [0.4, 0.5) is 4.79 Å². The fourth-order valence-corrected chi connectivity index (χ4v) is 3.74. The lowest BCUT2D eigenvalue weighted by Gasteiger charge is -2.37. The molecule has 2 aliphatic rings. The second-order valence-corrected chi connectivity index (χ2v) is 6.77. The first-order valence-corrected chi connectivity index (χ1v) is 9.12. The van der Waals surface area contributed by atoms with Crippen LogP contribution in [0.5, 0.6) is 0 Å². The maximum Gasteiger partial charge on any atom is 0.317 e. The molecule has 3 heterocycles. The summed E-state index contributed by atoms with van der Waals surface area (Å²) in [6, 6.07) is 4.41. The van der Waals surface area contributed by atoms with E-state index in [9.17, 15) is 4.79 Å². The molecular formula is C18H29N3O2. The van der Waals surface area contributed by atoms with Gasteiger partial charge in [-0.2, -0.15) is 0 Å². The SMILES string of the molecule is O=C(NCCCc1ccco1)N1CCCC[C@H]1CN1CCCC1. The van der Waals surface area contributed by atoms with Gasteiger partial charge in [0.2, 0.25) is 0 Å². The summed E-state index contributed by atoms with van der Waals surface area (Å²) >= 11 is 0. The number of furan rings is 1. The summed E-state index contributed by atoms with van der Waals surface area (Å²) in [6.07, 6.45) is 9.66. The third kappa shape index (κ3) is 4.74. The van der Waals surface area contributed by atoms with Gasteiger partial charge in [-0.15, -0.1) is 0 Å². The third-order valence-electron chi connectivity index (χ3n) is 5.01. The van der Waals surface area contributed by atoms with Crippen molar-refractivity contribution in [1.29, 1.82) is 0 Å². The van der Waals surface area contributed by atoms with E-state index in [1.165, 1.54) is 32.4 Å². The molecule has 0 saturated carbocycles. The fourth-order valence-electron chi connectivity index (χ4n) is 3.74. The Bertz CT molecular complexity index is 469. The molecule has 2 amide bonds. The number of carbonyl (C=O) groups excluding carboxylic acids is 1. The van der Waals surface area contributed by atoms with Crippen LogP contribution < -0.4 is 5.32 Å². The molecule has 5 heteroatoms. The van der Waals surface area contributed by atoms with Crippen molar-refractivity contribution in [1.82, 2.24) is 15.1 Å². The minimum Gasteiger partial charge on any atom is -0.469 e. The van der Waals surface area contributed by atoms with Crippen molar-refractivity contribution in [3.8, 4) is 0 Å². The van der Waals surface area contributed by atoms with Gasteiger partial charge in [0.25, 0.3) is 0 Å². The van der Waals surface area contributed by atoms with Crippen molar-refractivity contribution < 1.29 is 9.21 Å². The molecule has 0 spiro atoms. The number of carbonyl (C=O) groups is 1. The maximum absolute atomic E-state index is 12.5. The van der Waals surface area contributed by atoms with E-state index in [4.69, 9.17) is 4.42 Å². The Morgan fingerprint density at radius 3 is 2.83 bits per heavy atom. The summed E-state index contributed by atoms with van der Waals surface area (Å²) in [7, 11) is 0. The highest BCUT2D eigenvalue weighted by atomic mass is 16.3. The molecule has 1 atom stereocenters. The van der Waals surface area contributed by atoms with Crippen LogP contribution in [0.25, 0.3) is 0 Å². The average Bonchev–Trinajstić information content (AvgIpc) is 3.25. The van der Waals surface area contributed by atoms with E-state index < -0.39 is 0 Å². The number of aryl methyl sites for hydroxylation is 1. The predicted molar refractivity (Wildman–Crippen MR) is 90.4 cm³/mol. The van der Waals surface area contributed by atoms with E-state index in [1.54, 1.807) is 6.26 Å². The van der Waals surface area contributed by atoms with Crippen molar-refractivity contribution >= 4 is 6.03 Å². The molecule has 2 aliphatic heterocycles. The molecule has 0 radical (unpaired) electrons. The highest BCUT2D eigenvalue weighted by Crippen LogP contribution is 2.20. The van der Waals surface area contributed by atoms with Gasteiger partial charge >= 0.3 is 6.03 Å². The lowest BCUT2D eigenvalue weighted by Crippen LogP contribution is -2.52. The number of amides is 2. The van der Waals surface area contributed by atoms with Gasteiger partial charge < -0.3 is 19.5 Å². The van der Waals surface area contributed by atoms with Gasteiger partial charge in [0.05, 0.1) is 6.26 Å². The predicted octanol–water partition coefficient (Wildman–Crippen LogP) is 2.87. The third-order valence-corrected chi connectivity index (χ3v) is 5.01. The molecular weight excluding hydrogens is 290 g/mol. The van der Waals surface area contributed by atoms with Crippen molar-refractivity contribution in [3.63, 3.8) is 0 Å². The van der Waals surface area contributed by atoms with Gasteiger partial charge in [0.15, 0.2) is 0 Å². The summed E-state index contributed by atoms with van der Waals surface area (Å²) in [5, 5.41) is 3.10. The van der Waals surface area contributed by atoms with E-state index in [0.29, 0.717) is 12.6 Å². The Hall–Kier alpha value is -1.49. The molecule has 0 aromatic carbocycles. The van der Waals surface area contributed by atoms with Crippen molar-refractivity contribution in [2.24, 2.45) is 0 Å². The quantitative estimate of drug-likeness (QED) is 0.820. The van der Waals surface area contributed by atoms with Crippen LogP contribution in [-0.2, 0) is 6.42 Å². The number of hydrogen-bond acceptors (Lipinski definition) is 3. The minimum absolute atomic E-state index is 0.119. The first-order valence-electron chi connectivity index (χ1n) is 9.12. The molecule has 1 aromatic rings. The number of rotatable bonds is 6. The lowest BCUT2D eigenvalue weighted by molar-refractivity contribution is 0.127. The zero-order valence-electron chi connectivity index (χ0n) is 14.0. The van der Waals surface area contributed by atoms with E-state index >= 15 is 0 Å². The molecule has 0 unspecified atom stereocenters.